The van der Waals surface area contributed by atoms with E-state index in [4.69, 9.17) is 0 Å². The smallest absolute Gasteiger partial charge is 0.167 e. The molecule has 1 saturated carbocycles. The summed E-state index contributed by atoms with van der Waals surface area (Å²) in [6.07, 6.45) is 3.49. The Morgan fingerprint density at radius 3 is 2.07 bits per heavy atom. The molecule has 0 aromatic carbocycles. The van der Waals surface area contributed by atoms with Crippen LogP contribution in [0.15, 0.2) is 11.8 Å². The maximum absolute atomic E-state index is 11.5. The molecule has 0 atom stereocenters. The van der Waals surface area contributed by atoms with Gasteiger partial charge in [0.05, 0.1) is 5.57 Å². The molecule has 14 heavy (non-hydrogen) atoms. The van der Waals surface area contributed by atoms with Crippen LogP contribution in [-0.2, 0) is 9.59 Å². The van der Waals surface area contributed by atoms with Crippen molar-refractivity contribution in [3.05, 3.63) is 11.8 Å². The lowest BCUT2D eigenvalue weighted by atomic mass is 9.93. The highest BCUT2D eigenvalue weighted by Gasteiger charge is 2.23. The van der Waals surface area contributed by atoms with Crippen LogP contribution in [0.3, 0.4) is 0 Å². The lowest BCUT2D eigenvalue weighted by Crippen LogP contribution is -2.24. The number of Topliss-reactive ketones (excluding diaryl/α,β-unsaturated/α-hetero) is 2. The fourth-order valence-corrected chi connectivity index (χ4v) is 1.57. The van der Waals surface area contributed by atoms with Crippen molar-refractivity contribution in [3.8, 4) is 0 Å². The molecule has 1 aliphatic rings. The Bertz CT molecular complexity index is 246. The summed E-state index contributed by atoms with van der Waals surface area (Å²) in [6.45, 7) is 5.69. The predicted molar refractivity (Wildman–Crippen MR) is 54.9 cm³/mol. The van der Waals surface area contributed by atoms with Crippen LogP contribution in [0.1, 0.15) is 33.1 Å². The number of rotatable bonds is 3. The van der Waals surface area contributed by atoms with Gasteiger partial charge in [0.25, 0.3) is 0 Å². The van der Waals surface area contributed by atoms with Gasteiger partial charge in [0.15, 0.2) is 11.6 Å². The van der Waals surface area contributed by atoms with E-state index in [1.807, 2.05) is 18.7 Å². The molecule has 0 spiro atoms. The zero-order chi connectivity index (χ0) is 10.6. The van der Waals surface area contributed by atoms with Crippen LogP contribution in [0.2, 0.25) is 0 Å². The average molecular weight is 195 g/mol. The van der Waals surface area contributed by atoms with Gasteiger partial charge in [0.1, 0.15) is 0 Å². The highest BCUT2D eigenvalue weighted by atomic mass is 16.1. The zero-order valence-electron chi connectivity index (χ0n) is 8.88. The maximum Gasteiger partial charge on any atom is 0.167 e. The van der Waals surface area contributed by atoms with E-state index in [1.165, 1.54) is 0 Å². The van der Waals surface area contributed by atoms with Crippen molar-refractivity contribution >= 4 is 11.6 Å². The van der Waals surface area contributed by atoms with E-state index < -0.39 is 0 Å². The SMILES string of the molecule is CCN(C=C1C(=O)CCCC1=O)CC. The fourth-order valence-electron chi connectivity index (χ4n) is 1.57. The average Bonchev–Trinajstić information content (AvgIpc) is 2.18. The first kappa shape index (κ1) is 11.0. The van der Waals surface area contributed by atoms with Crippen molar-refractivity contribution in [1.29, 1.82) is 0 Å². The molecule has 0 saturated heterocycles. The molecule has 1 fully saturated rings. The van der Waals surface area contributed by atoms with Crippen molar-refractivity contribution < 1.29 is 9.59 Å². The lowest BCUT2D eigenvalue weighted by molar-refractivity contribution is -0.123. The second-order valence-electron chi connectivity index (χ2n) is 3.46. The van der Waals surface area contributed by atoms with E-state index in [0.29, 0.717) is 24.8 Å². The zero-order valence-corrected chi connectivity index (χ0v) is 8.88. The van der Waals surface area contributed by atoms with Crippen molar-refractivity contribution in [1.82, 2.24) is 4.90 Å². The van der Waals surface area contributed by atoms with Gasteiger partial charge in [-0.15, -0.1) is 0 Å². The van der Waals surface area contributed by atoms with Crippen LogP contribution in [-0.4, -0.2) is 29.6 Å². The predicted octanol–water partition coefficient (Wildman–Crippen LogP) is 1.53. The van der Waals surface area contributed by atoms with Crippen molar-refractivity contribution in [2.24, 2.45) is 0 Å². The summed E-state index contributed by atoms with van der Waals surface area (Å²) < 4.78 is 0. The first-order valence-corrected chi connectivity index (χ1v) is 5.21. The standard InChI is InChI=1S/C11H17NO2/c1-3-12(4-2)8-9-10(13)6-5-7-11(9)14/h8H,3-7H2,1-2H3. The molecule has 1 rings (SSSR count). The number of carbonyl (C=O) groups excluding carboxylic acids is 2. The van der Waals surface area contributed by atoms with Crippen LogP contribution >= 0.6 is 0 Å². The normalized spacial score (nSPS) is 17.1. The molecule has 0 N–H and O–H groups in total. The van der Waals surface area contributed by atoms with Crippen molar-refractivity contribution in [2.75, 3.05) is 13.1 Å². The molecule has 0 bridgehead atoms. The second-order valence-corrected chi connectivity index (χ2v) is 3.46. The molecule has 0 aromatic rings. The van der Waals surface area contributed by atoms with Gasteiger partial charge in [0, 0.05) is 32.1 Å². The van der Waals surface area contributed by atoms with Crippen molar-refractivity contribution in [3.63, 3.8) is 0 Å². The Morgan fingerprint density at radius 2 is 1.64 bits per heavy atom. The van der Waals surface area contributed by atoms with Crippen LogP contribution < -0.4 is 0 Å². The van der Waals surface area contributed by atoms with Crippen LogP contribution in [0, 0.1) is 0 Å². The van der Waals surface area contributed by atoms with Gasteiger partial charge in [-0.05, 0) is 20.3 Å². The molecule has 0 radical (unpaired) electrons. The third-order valence-corrected chi connectivity index (χ3v) is 2.53. The molecule has 0 aliphatic heterocycles. The number of nitrogens with zero attached hydrogens (tertiary/aromatic N) is 1. The van der Waals surface area contributed by atoms with E-state index in [1.54, 1.807) is 6.20 Å². The van der Waals surface area contributed by atoms with Gasteiger partial charge in [-0.1, -0.05) is 0 Å². The molecule has 78 valence electrons. The Kier molecular flexibility index (Phi) is 3.86. The highest BCUT2D eigenvalue weighted by Crippen LogP contribution is 2.16. The number of hydrogen-bond donors (Lipinski definition) is 0. The molecular weight excluding hydrogens is 178 g/mol. The first-order valence-electron chi connectivity index (χ1n) is 5.21. The van der Waals surface area contributed by atoms with Gasteiger partial charge in [-0.2, -0.15) is 0 Å². The first-order chi connectivity index (χ1) is 6.69. The van der Waals surface area contributed by atoms with E-state index in [9.17, 15) is 9.59 Å². The molecule has 0 aromatic heterocycles. The second kappa shape index (κ2) is 4.94. The van der Waals surface area contributed by atoms with Crippen LogP contribution in [0.4, 0.5) is 0 Å². The molecule has 0 unspecified atom stereocenters. The third kappa shape index (κ3) is 2.44. The molecule has 3 heteroatoms. The Morgan fingerprint density at radius 1 is 1.14 bits per heavy atom. The molecular formula is C11H17NO2. The van der Waals surface area contributed by atoms with Gasteiger partial charge >= 0.3 is 0 Å². The molecule has 0 heterocycles. The summed E-state index contributed by atoms with van der Waals surface area (Å²) >= 11 is 0. The summed E-state index contributed by atoms with van der Waals surface area (Å²) in [6, 6.07) is 0. The largest absolute Gasteiger partial charge is 0.377 e. The quantitative estimate of drug-likeness (QED) is 0.506. The molecule has 3 nitrogen and oxygen atoms in total. The lowest BCUT2D eigenvalue weighted by Gasteiger charge is -2.19. The summed E-state index contributed by atoms with van der Waals surface area (Å²) in [5.74, 6) is 0.0151. The number of allylic oxidation sites excluding steroid dienone is 1. The topological polar surface area (TPSA) is 37.4 Å². The minimum Gasteiger partial charge on any atom is -0.377 e. The summed E-state index contributed by atoms with van der Waals surface area (Å²) in [5, 5.41) is 0. The van der Waals surface area contributed by atoms with Gasteiger partial charge in [-0.25, -0.2) is 0 Å². The number of hydrogen-bond acceptors (Lipinski definition) is 3. The summed E-state index contributed by atoms with van der Waals surface area (Å²) in [5.41, 5.74) is 0.403. The Labute approximate surface area is 84.8 Å². The highest BCUT2D eigenvalue weighted by molar-refractivity contribution is 6.21. The van der Waals surface area contributed by atoms with Crippen LogP contribution in [0.25, 0.3) is 0 Å². The van der Waals surface area contributed by atoms with E-state index in [-0.39, 0.29) is 11.6 Å². The van der Waals surface area contributed by atoms with E-state index in [0.717, 1.165) is 13.1 Å². The minimum absolute atomic E-state index is 0.00755. The van der Waals surface area contributed by atoms with Gasteiger partial charge in [0.2, 0.25) is 0 Å². The number of ketones is 2. The molecule has 1 aliphatic carbocycles. The van der Waals surface area contributed by atoms with Gasteiger partial charge < -0.3 is 4.90 Å². The third-order valence-electron chi connectivity index (χ3n) is 2.53. The van der Waals surface area contributed by atoms with Crippen LogP contribution in [0.5, 0.6) is 0 Å². The number of carbonyl (C=O) groups is 2. The fraction of sp³-hybridized carbons (Fsp3) is 0.636. The van der Waals surface area contributed by atoms with Gasteiger partial charge in [-0.3, -0.25) is 9.59 Å². The Balaban J connectivity index is 2.80. The van der Waals surface area contributed by atoms with E-state index >= 15 is 0 Å². The summed E-state index contributed by atoms with van der Waals surface area (Å²) in [4.78, 5) is 24.9. The summed E-state index contributed by atoms with van der Waals surface area (Å²) in [7, 11) is 0. The minimum atomic E-state index is 0.00755. The Hall–Kier alpha value is -1.12. The van der Waals surface area contributed by atoms with Crippen molar-refractivity contribution in [2.45, 2.75) is 33.1 Å². The maximum atomic E-state index is 11.5. The monoisotopic (exact) mass is 195 g/mol. The van der Waals surface area contributed by atoms with E-state index in [2.05, 4.69) is 0 Å². The molecule has 0 amide bonds.